The average molecular weight is 306 g/mol. The van der Waals surface area contributed by atoms with Crippen LogP contribution < -0.4 is 5.63 Å². The molecule has 0 atom stereocenters. The molecule has 22 heavy (non-hydrogen) atoms. The highest BCUT2D eigenvalue weighted by atomic mass is 19.4. The van der Waals surface area contributed by atoms with E-state index in [0.29, 0.717) is 16.5 Å². The van der Waals surface area contributed by atoms with E-state index in [-0.39, 0.29) is 11.3 Å². The summed E-state index contributed by atoms with van der Waals surface area (Å²) in [7, 11) is 0. The lowest BCUT2D eigenvalue weighted by Crippen LogP contribution is -2.06. The molecule has 1 N–H and O–H groups in total. The molecule has 0 aliphatic heterocycles. The topological polar surface area (TPSA) is 50.4 Å². The van der Waals surface area contributed by atoms with Crippen molar-refractivity contribution in [2.45, 2.75) is 6.18 Å². The fourth-order valence-electron chi connectivity index (χ4n) is 2.15. The van der Waals surface area contributed by atoms with E-state index in [0.717, 1.165) is 12.1 Å². The first-order valence-electron chi connectivity index (χ1n) is 6.29. The van der Waals surface area contributed by atoms with E-state index in [4.69, 9.17) is 4.42 Å². The molecule has 0 radical (unpaired) electrons. The number of benzene rings is 2. The predicted molar refractivity (Wildman–Crippen MR) is 74.6 cm³/mol. The molecule has 0 fully saturated rings. The number of hydrogen-bond donors (Lipinski definition) is 1. The Morgan fingerprint density at radius 1 is 0.955 bits per heavy atom. The van der Waals surface area contributed by atoms with Crippen molar-refractivity contribution >= 4 is 11.0 Å². The largest absolute Gasteiger partial charge is 0.508 e. The number of phenols is 1. The van der Waals surface area contributed by atoms with E-state index in [2.05, 4.69) is 0 Å². The van der Waals surface area contributed by atoms with Crippen molar-refractivity contribution in [3.8, 4) is 16.9 Å². The summed E-state index contributed by atoms with van der Waals surface area (Å²) in [4.78, 5) is 11.9. The number of halogens is 3. The summed E-state index contributed by atoms with van der Waals surface area (Å²) < 4.78 is 42.7. The number of rotatable bonds is 1. The number of aromatic hydroxyl groups is 1. The van der Waals surface area contributed by atoms with Crippen LogP contribution in [0.15, 0.2) is 57.7 Å². The SMILES string of the molecule is O=c1oc2ccc(O)cc2cc1-c1ccc(C(F)(F)F)cc1. The van der Waals surface area contributed by atoms with Crippen molar-refractivity contribution in [3.05, 3.63) is 64.5 Å². The molecule has 3 aromatic rings. The maximum atomic E-state index is 12.5. The molecule has 0 bridgehead atoms. The maximum absolute atomic E-state index is 12.5. The summed E-state index contributed by atoms with van der Waals surface area (Å²) in [5, 5.41) is 9.92. The van der Waals surface area contributed by atoms with E-state index in [9.17, 15) is 23.1 Å². The van der Waals surface area contributed by atoms with Gasteiger partial charge in [0.05, 0.1) is 11.1 Å². The van der Waals surface area contributed by atoms with Crippen LogP contribution in [0.2, 0.25) is 0 Å². The summed E-state index contributed by atoms with van der Waals surface area (Å²) >= 11 is 0. The van der Waals surface area contributed by atoms with Crippen molar-refractivity contribution < 1.29 is 22.7 Å². The van der Waals surface area contributed by atoms with Gasteiger partial charge in [0.2, 0.25) is 0 Å². The van der Waals surface area contributed by atoms with Crippen LogP contribution >= 0.6 is 0 Å². The van der Waals surface area contributed by atoms with Crippen molar-refractivity contribution in [1.29, 1.82) is 0 Å². The predicted octanol–water partition coefficient (Wildman–Crippen LogP) is 4.18. The minimum atomic E-state index is -4.43. The molecule has 3 nitrogen and oxygen atoms in total. The van der Waals surface area contributed by atoms with Crippen LogP contribution in [0.25, 0.3) is 22.1 Å². The van der Waals surface area contributed by atoms with Gasteiger partial charge in [-0.25, -0.2) is 4.79 Å². The molecule has 1 aromatic heterocycles. The van der Waals surface area contributed by atoms with Gasteiger partial charge in [-0.1, -0.05) is 12.1 Å². The summed E-state index contributed by atoms with van der Waals surface area (Å²) in [6.07, 6.45) is -4.43. The van der Waals surface area contributed by atoms with Crippen LogP contribution in [-0.4, -0.2) is 5.11 Å². The second kappa shape index (κ2) is 4.91. The zero-order chi connectivity index (χ0) is 15.9. The zero-order valence-corrected chi connectivity index (χ0v) is 11.0. The Balaban J connectivity index is 2.13. The molecule has 1 heterocycles. The van der Waals surface area contributed by atoms with Gasteiger partial charge in [0.1, 0.15) is 11.3 Å². The Morgan fingerprint density at radius 2 is 1.64 bits per heavy atom. The minimum Gasteiger partial charge on any atom is -0.508 e. The standard InChI is InChI=1S/C16H9F3O3/c17-16(18,19)11-3-1-9(2-4-11)13-8-10-7-12(20)5-6-14(10)22-15(13)21/h1-8,20H. The van der Waals surface area contributed by atoms with Gasteiger partial charge in [-0.3, -0.25) is 0 Å². The molecule has 2 aromatic carbocycles. The first-order valence-corrected chi connectivity index (χ1v) is 6.29. The molecule has 0 amide bonds. The Labute approximate surface area is 122 Å². The average Bonchev–Trinajstić information content (AvgIpc) is 2.46. The van der Waals surface area contributed by atoms with E-state index in [1.54, 1.807) is 0 Å². The summed E-state index contributed by atoms with van der Waals surface area (Å²) in [6.45, 7) is 0. The van der Waals surface area contributed by atoms with Gasteiger partial charge in [-0.15, -0.1) is 0 Å². The molecule has 0 saturated heterocycles. The normalized spacial score (nSPS) is 11.8. The molecular weight excluding hydrogens is 297 g/mol. The molecular formula is C16H9F3O3. The quantitative estimate of drug-likeness (QED) is 0.686. The van der Waals surface area contributed by atoms with Gasteiger partial charge in [0.15, 0.2) is 0 Å². The van der Waals surface area contributed by atoms with Gasteiger partial charge in [-0.2, -0.15) is 13.2 Å². The third kappa shape index (κ3) is 2.55. The first kappa shape index (κ1) is 14.2. The summed E-state index contributed by atoms with van der Waals surface area (Å²) in [5.41, 5.74) is -0.714. The van der Waals surface area contributed by atoms with Gasteiger partial charge in [-0.05, 0) is 42.0 Å². The Hall–Kier alpha value is -2.76. The van der Waals surface area contributed by atoms with Crippen LogP contribution in [0.5, 0.6) is 5.75 Å². The molecule has 6 heteroatoms. The third-order valence-corrected chi connectivity index (χ3v) is 3.24. The smallest absolute Gasteiger partial charge is 0.416 e. The van der Waals surface area contributed by atoms with Crippen molar-refractivity contribution in [2.75, 3.05) is 0 Å². The molecule has 0 saturated carbocycles. The van der Waals surface area contributed by atoms with Gasteiger partial charge in [0, 0.05) is 5.39 Å². The number of hydrogen-bond acceptors (Lipinski definition) is 3. The lowest BCUT2D eigenvalue weighted by atomic mass is 10.0. The molecule has 0 unspecified atom stereocenters. The van der Waals surface area contributed by atoms with E-state index >= 15 is 0 Å². The van der Waals surface area contributed by atoms with Crippen molar-refractivity contribution in [1.82, 2.24) is 0 Å². The summed E-state index contributed by atoms with van der Waals surface area (Å²) in [6, 6.07) is 9.94. The fraction of sp³-hybridized carbons (Fsp3) is 0.0625. The minimum absolute atomic E-state index is 0.000261. The Morgan fingerprint density at radius 3 is 2.27 bits per heavy atom. The molecule has 0 spiro atoms. The monoisotopic (exact) mass is 306 g/mol. The number of alkyl halides is 3. The van der Waals surface area contributed by atoms with E-state index < -0.39 is 17.4 Å². The molecule has 3 rings (SSSR count). The van der Waals surface area contributed by atoms with E-state index in [1.165, 1.54) is 36.4 Å². The lowest BCUT2D eigenvalue weighted by Gasteiger charge is -2.07. The highest BCUT2D eigenvalue weighted by molar-refractivity contribution is 5.82. The second-order valence-corrected chi connectivity index (χ2v) is 4.74. The van der Waals surface area contributed by atoms with Crippen molar-refractivity contribution in [2.24, 2.45) is 0 Å². The van der Waals surface area contributed by atoms with Gasteiger partial charge < -0.3 is 9.52 Å². The van der Waals surface area contributed by atoms with Crippen molar-refractivity contribution in [3.63, 3.8) is 0 Å². The molecule has 0 aliphatic carbocycles. The zero-order valence-electron chi connectivity index (χ0n) is 11.0. The lowest BCUT2D eigenvalue weighted by molar-refractivity contribution is -0.137. The van der Waals surface area contributed by atoms with E-state index in [1.807, 2.05) is 0 Å². The summed E-state index contributed by atoms with van der Waals surface area (Å²) in [5.74, 6) is -0.000261. The van der Waals surface area contributed by atoms with Crippen LogP contribution in [0.3, 0.4) is 0 Å². The first-order chi connectivity index (χ1) is 10.3. The Bertz CT molecular complexity index is 893. The second-order valence-electron chi connectivity index (χ2n) is 4.74. The highest BCUT2D eigenvalue weighted by Crippen LogP contribution is 2.31. The fourth-order valence-corrected chi connectivity index (χ4v) is 2.15. The third-order valence-electron chi connectivity index (χ3n) is 3.24. The Kier molecular flexibility index (Phi) is 3.16. The highest BCUT2D eigenvalue weighted by Gasteiger charge is 2.30. The van der Waals surface area contributed by atoms with Crippen LogP contribution in [-0.2, 0) is 6.18 Å². The van der Waals surface area contributed by atoms with Crippen LogP contribution in [0.1, 0.15) is 5.56 Å². The molecule has 0 aliphatic rings. The maximum Gasteiger partial charge on any atom is 0.416 e. The number of phenolic OH excluding ortho intramolecular Hbond substituents is 1. The van der Waals surface area contributed by atoms with Crippen LogP contribution in [0.4, 0.5) is 13.2 Å². The van der Waals surface area contributed by atoms with Gasteiger partial charge >= 0.3 is 11.8 Å². The van der Waals surface area contributed by atoms with Gasteiger partial charge in [0.25, 0.3) is 0 Å². The molecule has 112 valence electrons. The van der Waals surface area contributed by atoms with Crippen LogP contribution in [0, 0.1) is 0 Å². The number of fused-ring (bicyclic) bond motifs is 1.